The number of nitrogens with one attached hydrogen (secondary N) is 1. The summed E-state index contributed by atoms with van der Waals surface area (Å²) in [5.41, 5.74) is 4.33. The zero-order valence-electron chi connectivity index (χ0n) is 11.8. The molecule has 1 aromatic heterocycles. The van der Waals surface area contributed by atoms with E-state index in [1.54, 1.807) is 6.20 Å². The highest BCUT2D eigenvalue weighted by atomic mass is 16.1. The van der Waals surface area contributed by atoms with Crippen LogP contribution in [0.1, 0.15) is 22.3 Å². The first kappa shape index (κ1) is 13.4. The zero-order chi connectivity index (χ0) is 14.5. The lowest BCUT2D eigenvalue weighted by Gasteiger charge is -2.09. The number of H-pyrrole nitrogens is 1. The van der Waals surface area contributed by atoms with Crippen LogP contribution in [-0.2, 0) is 12.8 Å². The Kier molecular flexibility index (Phi) is 3.97. The lowest BCUT2D eigenvalue weighted by Crippen LogP contribution is -2.15. The van der Waals surface area contributed by atoms with Crippen molar-refractivity contribution >= 4 is 0 Å². The molecule has 0 saturated carbocycles. The van der Waals surface area contributed by atoms with Gasteiger partial charge in [0, 0.05) is 18.2 Å². The second kappa shape index (κ2) is 6.23. The van der Waals surface area contributed by atoms with E-state index >= 15 is 0 Å². The van der Waals surface area contributed by atoms with E-state index < -0.39 is 0 Å². The summed E-state index contributed by atoms with van der Waals surface area (Å²) in [6.45, 7) is 0. The number of aromatic nitrogens is 1. The first-order valence-corrected chi connectivity index (χ1v) is 7.10. The summed E-state index contributed by atoms with van der Waals surface area (Å²) < 4.78 is 0. The largest absolute Gasteiger partial charge is 0.329 e. The van der Waals surface area contributed by atoms with Crippen molar-refractivity contribution in [2.24, 2.45) is 0 Å². The Bertz CT molecular complexity index is 760. The topological polar surface area (TPSA) is 32.9 Å². The van der Waals surface area contributed by atoms with Crippen molar-refractivity contribution in [3.8, 4) is 0 Å². The normalized spacial score (nSPS) is 10.5. The van der Waals surface area contributed by atoms with Crippen LogP contribution in [0.5, 0.6) is 0 Å². The third-order valence-corrected chi connectivity index (χ3v) is 3.62. The van der Waals surface area contributed by atoms with Gasteiger partial charge in [0.15, 0.2) is 0 Å². The van der Waals surface area contributed by atoms with Gasteiger partial charge in [0.1, 0.15) is 0 Å². The Hall–Kier alpha value is -2.61. The van der Waals surface area contributed by atoms with Gasteiger partial charge < -0.3 is 4.98 Å². The smallest absolute Gasteiger partial charge is 0.251 e. The molecule has 0 unspecified atom stereocenters. The molecule has 2 nitrogen and oxygen atoms in total. The summed E-state index contributed by atoms with van der Waals surface area (Å²) in [6.07, 6.45) is 3.18. The molecule has 2 heteroatoms. The molecule has 0 bridgehead atoms. The molecule has 0 saturated heterocycles. The highest BCUT2D eigenvalue weighted by Crippen LogP contribution is 2.14. The van der Waals surface area contributed by atoms with Gasteiger partial charge in [-0.25, -0.2) is 0 Å². The molecule has 0 radical (unpaired) electrons. The minimum absolute atomic E-state index is 0.00674. The van der Waals surface area contributed by atoms with Gasteiger partial charge in [-0.05, 0) is 29.2 Å². The lowest BCUT2D eigenvalue weighted by atomic mass is 9.97. The third-order valence-electron chi connectivity index (χ3n) is 3.62. The van der Waals surface area contributed by atoms with Crippen molar-refractivity contribution in [3.63, 3.8) is 0 Å². The van der Waals surface area contributed by atoms with E-state index in [-0.39, 0.29) is 5.56 Å². The summed E-state index contributed by atoms with van der Waals surface area (Å²) in [7, 11) is 0. The summed E-state index contributed by atoms with van der Waals surface area (Å²) in [5, 5.41) is 0. The van der Waals surface area contributed by atoms with Gasteiger partial charge in [0.2, 0.25) is 0 Å². The van der Waals surface area contributed by atoms with Crippen LogP contribution < -0.4 is 5.56 Å². The maximum absolute atomic E-state index is 12.2. The second-order valence-electron chi connectivity index (χ2n) is 5.14. The highest BCUT2D eigenvalue weighted by Gasteiger charge is 2.08. The van der Waals surface area contributed by atoms with Crippen LogP contribution >= 0.6 is 0 Å². The van der Waals surface area contributed by atoms with E-state index in [0.717, 1.165) is 23.1 Å². The summed E-state index contributed by atoms with van der Waals surface area (Å²) >= 11 is 0. The number of hydrogen-bond donors (Lipinski definition) is 1. The van der Waals surface area contributed by atoms with Gasteiger partial charge in [-0.1, -0.05) is 60.7 Å². The average Bonchev–Trinajstić information content (AvgIpc) is 2.53. The first-order valence-electron chi connectivity index (χ1n) is 7.10. The number of benzene rings is 2. The van der Waals surface area contributed by atoms with Crippen molar-refractivity contribution in [2.45, 2.75) is 12.8 Å². The molecule has 2 aromatic carbocycles. The molecule has 0 fully saturated rings. The van der Waals surface area contributed by atoms with E-state index in [9.17, 15) is 4.79 Å². The Morgan fingerprint density at radius 3 is 1.90 bits per heavy atom. The molecule has 0 aliphatic carbocycles. The Labute approximate surface area is 124 Å². The van der Waals surface area contributed by atoms with E-state index in [4.69, 9.17) is 0 Å². The molecular formula is C19H17NO. The minimum atomic E-state index is 0.00674. The van der Waals surface area contributed by atoms with Crippen molar-refractivity contribution in [1.29, 1.82) is 0 Å². The second-order valence-corrected chi connectivity index (χ2v) is 5.14. The van der Waals surface area contributed by atoms with Gasteiger partial charge in [-0.3, -0.25) is 4.79 Å². The maximum atomic E-state index is 12.2. The molecule has 0 spiro atoms. The van der Waals surface area contributed by atoms with Crippen LogP contribution in [-0.4, -0.2) is 4.98 Å². The van der Waals surface area contributed by atoms with Gasteiger partial charge in [0.25, 0.3) is 5.56 Å². The predicted molar refractivity (Wildman–Crippen MR) is 85.6 cm³/mol. The number of aromatic amines is 1. The quantitative estimate of drug-likeness (QED) is 0.776. The van der Waals surface area contributed by atoms with E-state index in [0.29, 0.717) is 6.42 Å². The van der Waals surface area contributed by atoms with E-state index in [2.05, 4.69) is 29.2 Å². The number of hydrogen-bond acceptors (Lipinski definition) is 1. The SMILES string of the molecule is O=c1[nH]ccc(Cc2ccccc2)c1Cc1ccccc1. The van der Waals surface area contributed by atoms with Crippen LogP contribution in [0, 0.1) is 0 Å². The molecule has 0 atom stereocenters. The molecule has 0 aliphatic rings. The monoisotopic (exact) mass is 275 g/mol. The van der Waals surface area contributed by atoms with Crippen LogP contribution in [0.4, 0.5) is 0 Å². The molecule has 0 amide bonds. The third kappa shape index (κ3) is 3.29. The van der Waals surface area contributed by atoms with Gasteiger partial charge in [-0.2, -0.15) is 0 Å². The summed E-state index contributed by atoms with van der Waals surface area (Å²) in [4.78, 5) is 15.0. The molecular weight excluding hydrogens is 258 g/mol. The summed E-state index contributed by atoms with van der Waals surface area (Å²) in [5.74, 6) is 0. The maximum Gasteiger partial charge on any atom is 0.251 e. The number of rotatable bonds is 4. The molecule has 104 valence electrons. The molecule has 0 aliphatic heterocycles. The Balaban J connectivity index is 1.94. The fourth-order valence-electron chi connectivity index (χ4n) is 2.53. The van der Waals surface area contributed by atoms with Crippen LogP contribution in [0.25, 0.3) is 0 Å². The number of pyridine rings is 1. The fourth-order valence-corrected chi connectivity index (χ4v) is 2.53. The van der Waals surface area contributed by atoms with E-state index in [1.807, 2.05) is 42.5 Å². The Morgan fingerprint density at radius 2 is 1.29 bits per heavy atom. The minimum Gasteiger partial charge on any atom is -0.329 e. The van der Waals surface area contributed by atoms with Gasteiger partial charge in [-0.15, -0.1) is 0 Å². The van der Waals surface area contributed by atoms with Crippen LogP contribution in [0.15, 0.2) is 77.7 Å². The lowest BCUT2D eigenvalue weighted by molar-refractivity contribution is 1.02. The van der Waals surface area contributed by atoms with Crippen molar-refractivity contribution < 1.29 is 0 Å². The average molecular weight is 275 g/mol. The fraction of sp³-hybridized carbons (Fsp3) is 0.105. The molecule has 3 rings (SSSR count). The molecule has 21 heavy (non-hydrogen) atoms. The molecule has 1 N–H and O–H groups in total. The zero-order valence-corrected chi connectivity index (χ0v) is 11.8. The predicted octanol–water partition coefficient (Wildman–Crippen LogP) is 3.56. The van der Waals surface area contributed by atoms with Crippen LogP contribution in [0.3, 0.4) is 0 Å². The van der Waals surface area contributed by atoms with Crippen molar-refractivity contribution in [3.05, 3.63) is 106 Å². The van der Waals surface area contributed by atoms with Crippen molar-refractivity contribution in [1.82, 2.24) is 4.98 Å². The first-order chi connectivity index (χ1) is 10.3. The standard InChI is InChI=1S/C19H17NO/c21-19-18(14-16-9-5-2-6-10-16)17(11-12-20-19)13-15-7-3-1-4-8-15/h1-12H,13-14H2,(H,20,21). The van der Waals surface area contributed by atoms with Crippen LogP contribution in [0.2, 0.25) is 0 Å². The highest BCUT2D eigenvalue weighted by molar-refractivity contribution is 5.34. The van der Waals surface area contributed by atoms with Gasteiger partial charge >= 0.3 is 0 Å². The Morgan fingerprint density at radius 1 is 0.714 bits per heavy atom. The summed E-state index contributed by atoms with van der Waals surface area (Å²) in [6, 6.07) is 22.4. The van der Waals surface area contributed by atoms with Crippen molar-refractivity contribution in [2.75, 3.05) is 0 Å². The van der Waals surface area contributed by atoms with Gasteiger partial charge in [0.05, 0.1) is 0 Å². The van der Waals surface area contributed by atoms with E-state index in [1.165, 1.54) is 5.56 Å². The molecule has 1 heterocycles. The molecule has 3 aromatic rings.